The van der Waals surface area contributed by atoms with E-state index in [9.17, 15) is 0 Å². The summed E-state index contributed by atoms with van der Waals surface area (Å²) in [6, 6.07) is 7.47. The molecule has 0 aliphatic rings. The lowest BCUT2D eigenvalue weighted by Crippen LogP contribution is -1.91. The van der Waals surface area contributed by atoms with Gasteiger partial charge in [0.2, 0.25) is 11.8 Å². The summed E-state index contributed by atoms with van der Waals surface area (Å²) < 4.78 is 11.9. The van der Waals surface area contributed by atoms with Gasteiger partial charge in [0.25, 0.3) is 0 Å². The maximum atomic E-state index is 4.96. The summed E-state index contributed by atoms with van der Waals surface area (Å²) in [6.45, 7) is 1.92. The van der Waals surface area contributed by atoms with E-state index in [1.165, 1.54) is 0 Å². The second kappa shape index (κ2) is 9.38. The molecule has 0 spiro atoms. The highest BCUT2D eigenvalue weighted by atomic mass is 79.9. The lowest BCUT2D eigenvalue weighted by atomic mass is 10.4. The monoisotopic (exact) mass is 480 g/mol. The number of alkyl halides is 1. The van der Waals surface area contributed by atoms with Crippen molar-refractivity contribution in [2.45, 2.75) is 12.3 Å². The van der Waals surface area contributed by atoms with Gasteiger partial charge in [-0.25, -0.2) is 9.97 Å². The topological polar surface area (TPSA) is 44.2 Å². The highest BCUT2D eigenvalue weighted by molar-refractivity contribution is 9.11. The highest BCUT2D eigenvalue weighted by Gasteiger charge is 2.00. The van der Waals surface area contributed by atoms with Crippen LogP contribution in [0.2, 0.25) is 0 Å². The number of hydrogen-bond donors (Lipinski definition) is 0. The van der Waals surface area contributed by atoms with E-state index in [0.717, 1.165) is 25.7 Å². The Hall–Kier alpha value is -0.660. The molecular formula is C14H15Br3N2O2. The van der Waals surface area contributed by atoms with Crippen LogP contribution in [0.25, 0.3) is 0 Å². The first-order chi connectivity index (χ1) is 10.0. The molecule has 0 radical (unpaired) electrons. The van der Waals surface area contributed by atoms with Gasteiger partial charge in [-0.15, -0.1) is 0 Å². The summed E-state index contributed by atoms with van der Waals surface area (Å²) in [5, 5.41) is 0.727. The zero-order valence-electron chi connectivity index (χ0n) is 11.9. The van der Waals surface area contributed by atoms with E-state index in [-0.39, 0.29) is 0 Å². The normalized spacial score (nSPS) is 9.62. The fraction of sp³-hybridized carbons (Fsp3) is 0.286. The molecule has 0 aliphatic carbocycles. The number of aromatic nitrogens is 2. The Morgan fingerprint density at radius 3 is 1.90 bits per heavy atom. The molecule has 0 atom stereocenters. The smallest absolute Gasteiger partial charge is 0.213 e. The van der Waals surface area contributed by atoms with Crippen molar-refractivity contribution in [1.29, 1.82) is 0 Å². The van der Waals surface area contributed by atoms with E-state index in [1.54, 1.807) is 14.2 Å². The summed E-state index contributed by atoms with van der Waals surface area (Å²) in [5.41, 5.74) is 1.89. The molecule has 0 unspecified atom stereocenters. The van der Waals surface area contributed by atoms with Gasteiger partial charge in [-0.1, -0.05) is 15.9 Å². The van der Waals surface area contributed by atoms with E-state index in [2.05, 4.69) is 57.8 Å². The molecule has 7 heteroatoms. The molecule has 0 aromatic carbocycles. The average molecular weight is 483 g/mol. The summed E-state index contributed by atoms with van der Waals surface area (Å²) in [6.07, 6.45) is 0. The van der Waals surface area contributed by atoms with Crippen LogP contribution in [0.5, 0.6) is 11.8 Å². The van der Waals surface area contributed by atoms with Crippen molar-refractivity contribution in [3.8, 4) is 11.8 Å². The number of pyridine rings is 2. The molecule has 2 rings (SSSR count). The number of methoxy groups -OCH3 is 2. The third kappa shape index (κ3) is 5.92. The number of nitrogens with zero attached hydrogens (tertiary/aromatic N) is 2. The Morgan fingerprint density at radius 1 is 0.905 bits per heavy atom. The molecule has 2 heterocycles. The Kier molecular flexibility index (Phi) is 8.21. The molecular weight excluding hydrogens is 468 g/mol. The minimum Gasteiger partial charge on any atom is -0.481 e. The van der Waals surface area contributed by atoms with Gasteiger partial charge in [0.15, 0.2) is 0 Å². The Labute approximate surface area is 149 Å². The predicted molar refractivity (Wildman–Crippen MR) is 94.3 cm³/mol. The first-order valence-electron chi connectivity index (χ1n) is 5.94. The van der Waals surface area contributed by atoms with Gasteiger partial charge in [-0.05, 0) is 50.9 Å². The fourth-order valence-electron chi connectivity index (χ4n) is 1.31. The standard InChI is InChI=1S/C7H7Br2NO.C7H8BrNO/c1-11-7-3-2-5(9)6(4-8)10-7;1-5-6(8)3-4-7(9-5)10-2/h2-3H,4H2,1H3;3-4H,1-2H3. The zero-order chi connectivity index (χ0) is 15.8. The third-order valence-corrected chi connectivity index (χ3v) is 4.53. The third-order valence-electron chi connectivity index (χ3n) is 2.43. The van der Waals surface area contributed by atoms with Crippen molar-refractivity contribution in [3.05, 3.63) is 44.6 Å². The average Bonchev–Trinajstić information content (AvgIpc) is 2.51. The van der Waals surface area contributed by atoms with Crippen LogP contribution < -0.4 is 9.47 Å². The minimum absolute atomic E-state index is 0.641. The van der Waals surface area contributed by atoms with Gasteiger partial charge in [-0.3, -0.25) is 0 Å². The quantitative estimate of drug-likeness (QED) is 0.583. The van der Waals surface area contributed by atoms with Crippen LogP contribution in [0.3, 0.4) is 0 Å². The second-order valence-electron chi connectivity index (χ2n) is 3.84. The number of hydrogen-bond acceptors (Lipinski definition) is 4. The molecule has 21 heavy (non-hydrogen) atoms. The zero-order valence-corrected chi connectivity index (χ0v) is 16.6. The van der Waals surface area contributed by atoms with E-state index in [0.29, 0.717) is 11.8 Å². The van der Waals surface area contributed by atoms with Crippen molar-refractivity contribution in [3.63, 3.8) is 0 Å². The second-order valence-corrected chi connectivity index (χ2v) is 6.11. The number of aryl methyl sites for hydroxylation is 1. The SMILES string of the molecule is COc1ccc(Br)c(C)n1.COc1ccc(Br)c(CBr)n1. The van der Waals surface area contributed by atoms with Gasteiger partial charge in [0.05, 0.1) is 25.6 Å². The van der Waals surface area contributed by atoms with Crippen LogP contribution in [0.1, 0.15) is 11.4 Å². The van der Waals surface area contributed by atoms with E-state index in [1.807, 2.05) is 31.2 Å². The molecule has 0 saturated heterocycles. The molecule has 114 valence electrons. The molecule has 0 saturated carbocycles. The highest BCUT2D eigenvalue weighted by Crippen LogP contribution is 2.20. The van der Waals surface area contributed by atoms with Crippen molar-refractivity contribution >= 4 is 47.8 Å². The number of rotatable bonds is 3. The van der Waals surface area contributed by atoms with Crippen LogP contribution in [0.15, 0.2) is 33.2 Å². The minimum atomic E-state index is 0.641. The molecule has 2 aromatic heterocycles. The van der Waals surface area contributed by atoms with Crippen LogP contribution in [0, 0.1) is 6.92 Å². The maximum absolute atomic E-state index is 4.96. The lowest BCUT2D eigenvalue weighted by molar-refractivity contribution is 0.396. The van der Waals surface area contributed by atoms with Crippen molar-refractivity contribution in [1.82, 2.24) is 9.97 Å². The van der Waals surface area contributed by atoms with Crippen LogP contribution in [0.4, 0.5) is 0 Å². The summed E-state index contributed by atoms with van der Waals surface area (Å²) >= 11 is 10.0. The Morgan fingerprint density at radius 2 is 1.43 bits per heavy atom. The van der Waals surface area contributed by atoms with E-state index >= 15 is 0 Å². The van der Waals surface area contributed by atoms with Gasteiger partial charge in [0.1, 0.15) is 0 Å². The largest absolute Gasteiger partial charge is 0.481 e. The van der Waals surface area contributed by atoms with Gasteiger partial charge in [0, 0.05) is 26.4 Å². The molecule has 0 bridgehead atoms. The first kappa shape index (κ1) is 18.4. The van der Waals surface area contributed by atoms with Crippen LogP contribution in [-0.4, -0.2) is 24.2 Å². The molecule has 2 aromatic rings. The molecule has 0 N–H and O–H groups in total. The van der Waals surface area contributed by atoms with E-state index in [4.69, 9.17) is 9.47 Å². The van der Waals surface area contributed by atoms with Crippen molar-refractivity contribution < 1.29 is 9.47 Å². The summed E-state index contributed by atoms with van der Waals surface area (Å²) in [5.74, 6) is 1.29. The van der Waals surface area contributed by atoms with Crippen molar-refractivity contribution in [2.75, 3.05) is 14.2 Å². The molecule has 0 fully saturated rings. The summed E-state index contributed by atoms with van der Waals surface area (Å²) in [4.78, 5) is 8.32. The van der Waals surface area contributed by atoms with Crippen molar-refractivity contribution in [2.24, 2.45) is 0 Å². The number of halogens is 3. The molecule has 4 nitrogen and oxygen atoms in total. The van der Waals surface area contributed by atoms with Gasteiger partial charge < -0.3 is 9.47 Å². The van der Waals surface area contributed by atoms with Crippen LogP contribution >= 0.6 is 47.8 Å². The predicted octanol–water partition coefficient (Wildman–Crippen LogP) is 4.91. The van der Waals surface area contributed by atoms with Gasteiger partial charge >= 0.3 is 0 Å². The number of ether oxygens (including phenoxy) is 2. The summed E-state index contributed by atoms with van der Waals surface area (Å²) in [7, 11) is 3.21. The van der Waals surface area contributed by atoms with E-state index < -0.39 is 0 Å². The Bertz CT molecular complexity index is 594. The first-order valence-corrected chi connectivity index (χ1v) is 8.65. The van der Waals surface area contributed by atoms with Crippen LogP contribution in [-0.2, 0) is 5.33 Å². The fourth-order valence-corrected chi connectivity index (χ4v) is 2.69. The molecule has 0 amide bonds. The van der Waals surface area contributed by atoms with Gasteiger partial charge in [-0.2, -0.15) is 0 Å². The Balaban J connectivity index is 0.000000211. The molecule has 0 aliphatic heterocycles. The lowest BCUT2D eigenvalue weighted by Gasteiger charge is -2.01. The maximum Gasteiger partial charge on any atom is 0.213 e.